The molecule has 0 amide bonds. The topological polar surface area (TPSA) is 58.6 Å². The minimum atomic E-state index is -3.55. The van der Waals surface area contributed by atoms with Crippen LogP contribution in [-0.4, -0.2) is 39.0 Å². The van der Waals surface area contributed by atoms with Crippen molar-refractivity contribution in [3.63, 3.8) is 0 Å². The molecule has 1 N–H and O–H groups in total. The normalized spacial score (nSPS) is 16.9. The summed E-state index contributed by atoms with van der Waals surface area (Å²) in [6, 6.07) is 24.1. The van der Waals surface area contributed by atoms with Gasteiger partial charge in [0.1, 0.15) is 0 Å². The maximum absolute atomic E-state index is 13.2. The zero-order chi connectivity index (χ0) is 20.6. The van der Waals surface area contributed by atoms with Gasteiger partial charge in [-0.3, -0.25) is 0 Å². The fraction of sp³-hybridized carbons (Fsp3) is 0.250. The van der Waals surface area contributed by atoms with Gasteiger partial charge in [0.15, 0.2) is 0 Å². The fourth-order valence-corrected chi connectivity index (χ4v) is 6.05. The van der Waals surface area contributed by atoms with Crippen molar-refractivity contribution >= 4 is 10.0 Å². The fourth-order valence-electron chi connectivity index (χ4n) is 4.42. The third kappa shape index (κ3) is 3.36. The summed E-state index contributed by atoms with van der Waals surface area (Å²) in [5.74, 6) is 0. The van der Waals surface area contributed by atoms with Gasteiger partial charge in [-0.1, -0.05) is 66.7 Å². The molecule has 6 heteroatoms. The Morgan fingerprint density at radius 3 is 2.07 bits per heavy atom. The summed E-state index contributed by atoms with van der Waals surface area (Å²) >= 11 is 0. The Bertz CT molecular complexity index is 1120. The van der Waals surface area contributed by atoms with E-state index in [9.17, 15) is 8.42 Å². The van der Waals surface area contributed by atoms with E-state index in [1.165, 1.54) is 26.6 Å². The molecule has 1 heterocycles. The summed E-state index contributed by atoms with van der Waals surface area (Å²) in [5, 5.41) is 3.62. The molecule has 0 aromatic heterocycles. The first kappa shape index (κ1) is 19.5. The lowest BCUT2D eigenvalue weighted by molar-refractivity contribution is 0.0730. The number of morpholine rings is 1. The Morgan fingerprint density at radius 2 is 1.40 bits per heavy atom. The number of hydrogen-bond acceptors (Lipinski definition) is 4. The zero-order valence-electron chi connectivity index (χ0n) is 16.6. The number of sulfonamides is 1. The van der Waals surface area contributed by atoms with Crippen molar-refractivity contribution in [1.82, 2.24) is 9.62 Å². The predicted octanol–water partition coefficient (Wildman–Crippen LogP) is 3.57. The van der Waals surface area contributed by atoms with Crippen molar-refractivity contribution in [2.45, 2.75) is 17.5 Å². The largest absolute Gasteiger partial charge is 0.379 e. The molecule has 0 unspecified atom stereocenters. The first-order chi connectivity index (χ1) is 14.7. The molecule has 5 rings (SSSR count). The van der Waals surface area contributed by atoms with Crippen molar-refractivity contribution in [2.24, 2.45) is 0 Å². The van der Waals surface area contributed by atoms with Gasteiger partial charge < -0.3 is 10.1 Å². The van der Waals surface area contributed by atoms with Gasteiger partial charge in [0, 0.05) is 19.6 Å². The second kappa shape index (κ2) is 7.96. The molecule has 3 aromatic rings. The second-order valence-corrected chi connectivity index (χ2v) is 9.52. The van der Waals surface area contributed by atoms with Gasteiger partial charge in [-0.15, -0.1) is 0 Å². The van der Waals surface area contributed by atoms with Crippen LogP contribution in [0.15, 0.2) is 77.7 Å². The Labute approximate surface area is 177 Å². The number of nitrogens with zero attached hydrogens (tertiary/aromatic N) is 1. The van der Waals surface area contributed by atoms with Crippen LogP contribution >= 0.6 is 0 Å². The average molecular weight is 421 g/mol. The SMILES string of the molecule is O=S(=O)(c1ccccc1CNC1c2ccccc2-c2ccccc21)N1CCOCC1. The van der Waals surface area contributed by atoms with Gasteiger partial charge in [-0.2, -0.15) is 4.31 Å². The Hall–Kier alpha value is -2.51. The van der Waals surface area contributed by atoms with Crippen LogP contribution in [0.1, 0.15) is 22.7 Å². The molecule has 0 saturated carbocycles. The van der Waals surface area contributed by atoms with E-state index in [1.807, 2.05) is 12.1 Å². The van der Waals surface area contributed by atoms with Gasteiger partial charge in [-0.25, -0.2) is 8.42 Å². The maximum Gasteiger partial charge on any atom is 0.243 e. The molecule has 0 spiro atoms. The summed E-state index contributed by atoms with van der Waals surface area (Å²) < 4.78 is 33.3. The number of ether oxygens (including phenoxy) is 1. The minimum Gasteiger partial charge on any atom is -0.379 e. The summed E-state index contributed by atoms with van der Waals surface area (Å²) in [6.07, 6.45) is 0. The van der Waals surface area contributed by atoms with Crippen LogP contribution < -0.4 is 5.32 Å². The van der Waals surface area contributed by atoms with Crippen LogP contribution in [0.2, 0.25) is 0 Å². The quantitative estimate of drug-likeness (QED) is 0.686. The van der Waals surface area contributed by atoms with Crippen LogP contribution in [-0.2, 0) is 21.3 Å². The number of benzene rings is 3. The lowest BCUT2D eigenvalue weighted by atomic mass is 10.0. The van der Waals surface area contributed by atoms with E-state index in [0.29, 0.717) is 37.7 Å². The minimum absolute atomic E-state index is 0.0385. The Morgan fingerprint density at radius 1 is 0.833 bits per heavy atom. The van der Waals surface area contributed by atoms with Gasteiger partial charge in [0.2, 0.25) is 10.0 Å². The lowest BCUT2D eigenvalue weighted by Crippen LogP contribution is -2.41. The number of nitrogens with one attached hydrogen (secondary N) is 1. The van der Waals surface area contributed by atoms with E-state index in [1.54, 1.807) is 12.1 Å². The Balaban J connectivity index is 1.45. The summed E-state index contributed by atoms with van der Waals surface area (Å²) in [6.45, 7) is 2.14. The van der Waals surface area contributed by atoms with Crippen LogP contribution in [0.3, 0.4) is 0 Å². The summed E-state index contributed by atoms with van der Waals surface area (Å²) in [5.41, 5.74) is 5.71. The van der Waals surface area contributed by atoms with E-state index in [2.05, 4.69) is 53.8 Å². The van der Waals surface area contributed by atoms with Crippen molar-refractivity contribution < 1.29 is 13.2 Å². The first-order valence-corrected chi connectivity index (χ1v) is 11.7. The maximum atomic E-state index is 13.2. The molecule has 5 nitrogen and oxygen atoms in total. The smallest absolute Gasteiger partial charge is 0.243 e. The van der Waals surface area contributed by atoms with Crippen molar-refractivity contribution in [3.05, 3.63) is 89.5 Å². The lowest BCUT2D eigenvalue weighted by Gasteiger charge is -2.27. The van der Waals surface area contributed by atoms with Crippen LogP contribution in [0.5, 0.6) is 0 Å². The Kier molecular flexibility index (Phi) is 5.16. The molecular formula is C24H24N2O3S. The molecule has 1 fully saturated rings. The number of rotatable bonds is 5. The van der Waals surface area contributed by atoms with Crippen molar-refractivity contribution in [2.75, 3.05) is 26.3 Å². The molecule has 1 saturated heterocycles. The number of fused-ring (bicyclic) bond motifs is 3. The van der Waals surface area contributed by atoms with Gasteiger partial charge in [0.25, 0.3) is 0 Å². The van der Waals surface area contributed by atoms with Crippen molar-refractivity contribution in [3.8, 4) is 11.1 Å². The molecule has 2 aliphatic rings. The summed E-state index contributed by atoms with van der Waals surface area (Å²) in [4.78, 5) is 0.374. The van der Waals surface area contributed by atoms with E-state index >= 15 is 0 Å². The molecular weight excluding hydrogens is 396 g/mol. The third-order valence-electron chi connectivity index (χ3n) is 5.89. The highest BCUT2D eigenvalue weighted by Crippen LogP contribution is 2.43. The van der Waals surface area contributed by atoms with E-state index in [-0.39, 0.29) is 6.04 Å². The molecule has 1 aliphatic heterocycles. The highest BCUT2D eigenvalue weighted by Gasteiger charge is 2.30. The van der Waals surface area contributed by atoms with Crippen LogP contribution in [0.4, 0.5) is 0 Å². The highest BCUT2D eigenvalue weighted by molar-refractivity contribution is 7.89. The molecule has 154 valence electrons. The second-order valence-electron chi connectivity index (χ2n) is 7.61. The molecule has 0 atom stereocenters. The standard InChI is InChI=1S/C24H24N2O3S/c27-30(28,26-13-15-29-16-14-26)23-12-6-1-7-18(23)17-25-24-21-10-4-2-8-19(21)20-9-3-5-11-22(20)24/h1-12,24-25H,13-17H2. The molecule has 0 radical (unpaired) electrons. The van der Waals surface area contributed by atoms with Crippen LogP contribution in [0.25, 0.3) is 11.1 Å². The monoisotopic (exact) mass is 420 g/mol. The molecule has 30 heavy (non-hydrogen) atoms. The number of hydrogen-bond donors (Lipinski definition) is 1. The van der Waals surface area contributed by atoms with E-state index in [4.69, 9.17) is 4.74 Å². The molecule has 0 bridgehead atoms. The van der Waals surface area contributed by atoms with E-state index < -0.39 is 10.0 Å². The van der Waals surface area contributed by atoms with E-state index in [0.717, 1.165) is 5.56 Å². The van der Waals surface area contributed by atoms with Gasteiger partial charge in [0.05, 0.1) is 24.2 Å². The zero-order valence-corrected chi connectivity index (χ0v) is 17.4. The van der Waals surface area contributed by atoms with Crippen LogP contribution in [0, 0.1) is 0 Å². The molecule has 3 aromatic carbocycles. The van der Waals surface area contributed by atoms with Gasteiger partial charge in [-0.05, 0) is 33.9 Å². The average Bonchev–Trinajstić information content (AvgIpc) is 3.12. The first-order valence-electron chi connectivity index (χ1n) is 10.2. The van der Waals surface area contributed by atoms with Gasteiger partial charge >= 0.3 is 0 Å². The summed E-state index contributed by atoms with van der Waals surface area (Å²) in [7, 11) is -3.55. The third-order valence-corrected chi connectivity index (χ3v) is 7.89. The van der Waals surface area contributed by atoms with Crippen molar-refractivity contribution in [1.29, 1.82) is 0 Å². The molecule has 1 aliphatic carbocycles. The predicted molar refractivity (Wildman–Crippen MR) is 117 cm³/mol. The highest BCUT2D eigenvalue weighted by atomic mass is 32.2.